The predicted octanol–water partition coefficient (Wildman–Crippen LogP) is 0.670. The van der Waals surface area contributed by atoms with Crippen molar-refractivity contribution in [3.63, 3.8) is 0 Å². The van der Waals surface area contributed by atoms with Crippen LogP contribution in [0.25, 0.3) is 0 Å². The van der Waals surface area contributed by atoms with E-state index in [4.69, 9.17) is 9.84 Å². The third-order valence-corrected chi connectivity index (χ3v) is 3.07. The van der Waals surface area contributed by atoms with E-state index >= 15 is 0 Å². The van der Waals surface area contributed by atoms with Crippen molar-refractivity contribution in [1.29, 1.82) is 0 Å². The van der Waals surface area contributed by atoms with Crippen molar-refractivity contribution < 1.29 is 19.6 Å². The van der Waals surface area contributed by atoms with Crippen LogP contribution in [0.15, 0.2) is 6.33 Å². The van der Waals surface area contributed by atoms with Crippen molar-refractivity contribution in [1.82, 2.24) is 9.97 Å². The van der Waals surface area contributed by atoms with Gasteiger partial charge in [-0.2, -0.15) is 4.98 Å². The Bertz CT molecular complexity index is 529. The van der Waals surface area contributed by atoms with E-state index in [9.17, 15) is 14.9 Å². The summed E-state index contributed by atoms with van der Waals surface area (Å²) in [6.07, 6.45) is 2.21. The van der Waals surface area contributed by atoms with E-state index < -0.39 is 22.0 Å². The van der Waals surface area contributed by atoms with Crippen LogP contribution in [0.3, 0.4) is 0 Å². The fourth-order valence-corrected chi connectivity index (χ4v) is 1.68. The van der Waals surface area contributed by atoms with Crippen LogP contribution in [0.4, 0.5) is 11.5 Å². The summed E-state index contributed by atoms with van der Waals surface area (Å²) in [5.41, 5.74) is -1.24. The lowest BCUT2D eigenvalue weighted by atomic mass is 10.1. The molecule has 9 heteroatoms. The van der Waals surface area contributed by atoms with Gasteiger partial charge in [0.25, 0.3) is 5.88 Å². The molecule has 1 aromatic heterocycles. The van der Waals surface area contributed by atoms with E-state index in [0.29, 0.717) is 12.8 Å². The van der Waals surface area contributed by atoms with E-state index in [-0.39, 0.29) is 18.2 Å². The lowest BCUT2D eigenvalue weighted by molar-refractivity contribution is -0.385. The predicted molar refractivity (Wildman–Crippen MR) is 63.0 cm³/mol. The molecule has 1 fully saturated rings. The summed E-state index contributed by atoms with van der Waals surface area (Å²) in [5, 5.41) is 22.7. The Morgan fingerprint density at radius 1 is 1.63 bits per heavy atom. The van der Waals surface area contributed by atoms with Crippen molar-refractivity contribution in [3.8, 4) is 5.88 Å². The zero-order valence-corrected chi connectivity index (χ0v) is 10.1. The molecule has 0 bridgehead atoms. The Kier molecular flexibility index (Phi) is 3.19. The number of aromatic nitrogens is 2. The normalized spacial score (nSPS) is 15.6. The molecule has 0 saturated heterocycles. The fraction of sp³-hybridized carbons (Fsp3) is 0.500. The summed E-state index contributed by atoms with van der Waals surface area (Å²) in [6.45, 7) is 0.0866. The maximum Gasteiger partial charge on any atom is 0.372 e. The van der Waals surface area contributed by atoms with Gasteiger partial charge in [0, 0.05) is 6.54 Å². The van der Waals surface area contributed by atoms with E-state index in [0.717, 1.165) is 6.33 Å². The molecule has 1 heterocycles. The zero-order chi connectivity index (χ0) is 14.0. The van der Waals surface area contributed by atoms with Gasteiger partial charge in [-0.05, 0) is 12.8 Å². The summed E-state index contributed by atoms with van der Waals surface area (Å²) >= 11 is 0. The maximum absolute atomic E-state index is 11.0. The first-order valence-corrected chi connectivity index (χ1v) is 5.51. The number of anilines is 1. The molecule has 0 spiro atoms. The maximum atomic E-state index is 11.0. The number of hydrogen-bond acceptors (Lipinski definition) is 7. The van der Waals surface area contributed by atoms with Crippen LogP contribution in [0, 0.1) is 15.5 Å². The number of rotatable bonds is 6. The summed E-state index contributed by atoms with van der Waals surface area (Å²) < 4.78 is 4.79. The van der Waals surface area contributed by atoms with Gasteiger partial charge in [0.05, 0.1) is 17.4 Å². The average molecular weight is 268 g/mol. The van der Waals surface area contributed by atoms with E-state index in [1.807, 2.05) is 0 Å². The van der Waals surface area contributed by atoms with Crippen molar-refractivity contribution in [2.24, 2.45) is 5.41 Å². The molecule has 2 N–H and O–H groups in total. The number of carbonyl (C=O) groups is 1. The molecular weight excluding hydrogens is 256 g/mol. The second-order valence-electron chi connectivity index (χ2n) is 4.28. The highest BCUT2D eigenvalue weighted by molar-refractivity contribution is 5.79. The molecule has 1 aromatic rings. The minimum absolute atomic E-state index is 0.0376. The molecule has 1 aliphatic rings. The highest BCUT2D eigenvalue weighted by Crippen LogP contribution is 2.46. The average Bonchev–Trinajstić information content (AvgIpc) is 3.16. The SMILES string of the molecule is COc1ncnc(NCC2(C(=O)O)CC2)c1[N+](=O)[O-]. The molecule has 1 saturated carbocycles. The molecule has 1 aliphatic carbocycles. The first-order valence-electron chi connectivity index (χ1n) is 5.51. The Hall–Kier alpha value is -2.45. The number of ether oxygens (including phenoxy) is 1. The van der Waals surface area contributed by atoms with Crippen LogP contribution in [0.1, 0.15) is 12.8 Å². The molecule has 0 radical (unpaired) electrons. The Morgan fingerprint density at radius 2 is 2.32 bits per heavy atom. The first kappa shape index (κ1) is 13.0. The van der Waals surface area contributed by atoms with Crippen LogP contribution in [0.2, 0.25) is 0 Å². The molecule has 19 heavy (non-hydrogen) atoms. The molecule has 0 atom stereocenters. The summed E-state index contributed by atoms with van der Waals surface area (Å²) in [4.78, 5) is 28.7. The minimum atomic E-state index is -0.913. The molecule has 0 unspecified atom stereocenters. The van der Waals surface area contributed by atoms with Gasteiger partial charge in [-0.25, -0.2) is 4.98 Å². The van der Waals surface area contributed by atoms with Crippen LogP contribution in [-0.2, 0) is 4.79 Å². The van der Waals surface area contributed by atoms with Crippen LogP contribution >= 0.6 is 0 Å². The van der Waals surface area contributed by atoms with Gasteiger partial charge in [0.2, 0.25) is 5.82 Å². The number of carboxylic acid groups (broad SMARTS) is 1. The smallest absolute Gasteiger partial charge is 0.372 e. The van der Waals surface area contributed by atoms with E-state index in [1.165, 1.54) is 7.11 Å². The Morgan fingerprint density at radius 3 is 2.79 bits per heavy atom. The Balaban J connectivity index is 2.21. The molecule has 9 nitrogen and oxygen atoms in total. The summed E-state index contributed by atoms with van der Waals surface area (Å²) in [6, 6.07) is 0. The van der Waals surface area contributed by atoms with Gasteiger partial charge < -0.3 is 15.2 Å². The molecule has 0 amide bonds. The van der Waals surface area contributed by atoms with Gasteiger partial charge in [-0.15, -0.1) is 0 Å². The minimum Gasteiger partial charge on any atom is -0.481 e. The van der Waals surface area contributed by atoms with Crippen molar-refractivity contribution in [3.05, 3.63) is 16.4 Å². The molecule has 0 aromatic carbocycles. The lowest BCUT2D eigenvalue weighted by Crippen LogP contribution is -2.25. The third kappa shape index (κ3) is 2.39. The van der Waals surface area contributed by atoms with E-state index in [1.54, 1.807) is 0 Å². The monoisotopic (exact) mass is 268 g/mol. The van der Waals surface area contributed by atoms with Crippen molar-refractivity contribution in [2.45, 2.75) is 12.8 Å². The number of nitro groups is 1. The van der Waals surface area contributed by atoms with Gasteiger partial charge >= 0.3 is 11.7 Å². The standard InChI is InChI=1S/C10H12N4O5/c1-19-8-6(14(17)18)7(12-5-13-8)11-4-10(2-3-10)9(15)16/h5H,2-4H2,1H3,(H,15,16)(H,11,12,13). The highest BCUT2D eigenvalue weighted by atomic mass is 16.6. The number of carboxylic acids is 1. The fourth-order valence-electron chi connectivity index (χ4n) is 1.68. The second-order valence-corrected chi connectivity index (χ2v) is 4.28. The van der Waals surface area contributed by atoms with Crippen LogP contribution in [0.5, 0.6) is 5.88 Å². The van der Waals surface area contributed by atoms with Crippen LogP contribution in [-0.4, -0.2) is 39.6 Å². The highest BCUT2D eigenvalue weighted by Gasteiger charge is 2.50. The number of nitrogens with zero attached hydrogens (tertiary/aromatic N) is 3. The van der Waals surface area contributed by atoms with Gasteiger partial charge in [-0.3, -0.25) is 14.9 Å². The van der Waals surface area contributed by atoms with Gasteiger partial charge in [-0.1, -0.05) is 0 Å². The molecular formula is C10H12N4O5. The van der Waals surface area contributed by atoms with Gasteiger partial charge in [0.15, 0.2) is 0 Å². The summed E-state index contributed by atoms with van der Waals surface area (Å²) in [7, 11) is 1.26. The molecule has 0 aliphatic heterocycles. The lowest BCUT2D eigenvalue weighted by Gasteiger charge is -2.12. The zero-order valence-electron chi connectivity index (χ0n) is 10.1. The molecule has 2 rings (SSSR count). The van der Waals surface area contributed by atoms with Crippen LogP contribution < -0.4 is 10.1 Å². The number of hydrogen-bond donors (Lipinski definition) is 2. The quantitative estimate of drug-likeness (QED) is 0.569. The van der Waals surface area contributed by atoms with Crippen molar-refractivity contribution in [2.75, 3.05) is 19.0 Å². The summed E-state index contributed by atoms with van der Waals surface area (Å²) in [5.74, 6) is -1.12. The number of methoxy groups -OCH3 is 1. The van der Waals surface area contributed by atoms with E-state index in [2.05, 4.69) is 15.3 Å². The number of aliphatic carboxylic acids is 1. The first-order chi connectivity index (χ1) is 9.00. The largest absolute Gasteiger partial charge is 0.481 e. The van der Waals surface area contributed by atoms with Crippen molar-refractivity contribution >= 4 is 17.5 Å². The third-order valence-electron chi connectivity index (χ3n) is 3.07. The second kappa shape index (κ2) is 4.67. The Labute approximate surface area is 107 Å². The van der Waals surface area contributed by atoms with Gasteiger partial charge in [0.1, 0.15) is 6.33 Å². The number of nitrogens with one attached hydrogen (secondary N) is 1. The molecule has 102 valence electrons. The topological polar surface area (TPSA) is 127 Å².